The molecule has 9 heteroatoms. The maximum absolute atomic E-state index is 11.5. The van der Waals surface area contributed by atoms with Crippen molar-refractivity contribution in [2.75, 3.05) is 11.9 Å². The van der Waals surface area contributed by atoms with E-state index in [0.29, 0.717) is 38.0 Å². The molecule has 0 unspecified atom stereocenters. The molecular formula is C30H25Cl3N2O4. The highest BCUT2D eigenvalue weighted by molar-refractivity contribution is 6.39. The number of benzene rings is 3. The Hall–Kier alpha value is -3.19. The number of halogens is 3. The van der Waals surface area contributed by atoms with E-state index in [4.69, 9.17) is 44.1 Å². The number of carbonyl (C=O) groups is 1. The van der Waals surface area contributed by atoms with Gasteiger partial charge in [0.1, 0.15) is 23.8 Å². The molecule has 200 valence electrons. The Kier molecular flexibility index (Phi) is 6.96. The number of hydrogen-bond acceptors (Lipinski definition) is 5. The van der Waals surface area contributed by atoms with Crippen LogP contribution in [0.2, 0.25) is 15.1 Å². The molecular weight excluding hydrogens is 559 g/mol. The Morgan fingerprint density at radius 1 is 1.05 bits per heavy atom. The number of rotatable bonds is 7. The normalized spacial score (nSPS) is 16.7. The van der Waals surface area contributed by atoms with Crippen molar-refractivity contribution < 1.29 is 19.2 Å². The van der Waals surface area contributed by atoms with E-state index < -0.39 is 5.97 Å². The molecule has 1 N–H and O–H groups in total. The summed E-state index contributed by atoms with van der Waals surface area (Å²) in [6.07, 6.45) is 3.69. The topological polar surface area (TPSA) is 75.8 Å². The third-order valence-corrected chi connectivity index (χ3v) is 8.41. The summed E-state index contributed by atoms with van der Waals surface area (Å²) in [6.45, 7) is 0.238. The molecule has 0 saturated heterocycles. The summed E-state index contributed by atoms with van der Waals surface area (Å²) in [6, 6.07) is 16.3. The highest BCUT2D eigenvalue weighted by Crippen LogP contribution is 2.47. The highest BCUT2D eigenvalue weighted by Gasteiger charge is 2.34. The van der Waals surface area contributed by atoms with Crippen LogP contribution in [0, 0.1) is 0 Å². The monoisotopic (exact) mass is 582 g/mol. The van der Waals surface area contributed by atoms with Gasteiger partial charge in [-0.3, -0.25) is 0 Å². The van der Waals surface area contributed by atoms with Crippen LogP contribution in [0.15, 0.2) is 59.1 Å². The maximum atomic E-state index is 11.5. The predicted molar refractivity (Wildman–Crippen MR) is 153 cm³/mol. The molecule has 0 spiro atoms. The predicted octanol–water partition coefficient (Wildman–Crippen LogP) is 8.58. The Balaban J connectivity index is 1.27. The van der Waals surface area contributed by atoms with E-state index in [0.717, 1.165) is 53.8 Å². The van der Waals surface area contributed by atoms with Gasteiger partial charge in [-0.25, -0.2) is 4.79 Å². The van der Waals surface area contributed by atoms with E-state index in [1.54, 1.807) is 36.4 Å². The number of hydrogen-bond donors (Lipinski definition) is 1. The van der Waals surface area contributed by atoms with Gasteiger partial charge in [0.15, 0.2) is 0 Å². The molecule has 1 saturated carbocycles. The average Bonchev–Trinajstić information content (AvgIpc) is 3.67. The van der Waals surface area contributed by atoms with Gasteiger partial charge < -0.3 is 19.3 Å². The van der Waals surface area contributed by atoms with Crippen LogP contribution in [0.1, 0.15) is 64.0 Å². The van der Waals surface area contributed by atoms with Crippen LogP contribution in [0.3, 0.4) is 0 Å². The smallest absolute Gasteiger partial charge is 0.335 e. The number of aromatic nitrogens is 1. The van der Waals surface area contributed by atoms with Crippen LogP contribution in [0.4, 0.5) is 5.69 Å². The molecule has 0 radical (unpaired) electrons. The van der Waals surface area contributed by atoms with Crippen molar-refractivity contribution in [2.45, 2.75) is 44.2 Å². The van der Waals surface area contributed by atoms with Crippen molar-refractivity contribution in [3.63, 3.8) is 0 Å². The summed E-state index contributed by atoms with van der Waals surface area (Å²) in [5, 5.41) is 15.3. The number of ether oxygens (including phenoxy) is 1. The zero-order valence-electron chi connectivity index (χ0n) is 21.1. The molecule has 0 amide bonds. The molecule has 2 aliphatic rings. The molecule has 1 aliphatic heterocycles. The fourth-order valence-electron chi connectivity index (χ4n) is 5.41. The Bertz CT molecular complexity index is 1560. The number of anilines is 1. The second-order valence-electron chi connectivity index (χ2n) is 10.0. The number of fused-ring (bicyclic) bond motifs is 1. The lowest BCUT2D eigenvalue weighted by Crippen LogP contribution is -2.29. The van der Waals surface area contributed by atoms with Gasteiger partial charge in [0.25, 0.3) is 0 Å². The fourth-order valence-corrected chi connectivity index (χ4v) is 6.35. The lowest BCUT2D eigenvalue weighted by Gasteiger charge is -2.37. The largest absolute Gasteiger partial charge is 0.489 e. The van der Waals surface area contributed by atoms with Crippen molar-refractivity contribution in [1.29, 1.82) is 0 Å². The summed E-state index contributed by atoms with van der Waals surface area (Å²) in [5.74, 6) is 0.852. The van der Waals surface area contributed by atoms with Crippen LogP contribution < -0.4 is 9.64 Å². The molecule has 6 nitrogen and oxygen atoms in total. The first-order valence-corrected chi connectivity index (χ1v) is 13.9. The lowest BCUT2D eigenvalue weighted by molar-refractivity contribution is 0.0696. The van der Waals surface area contributed by atoms with E-state index in [-0.39, 0.29) is 18.2 Å². The first kappa shape index (κ1) is 26.1. The second-order valence-corrected chi connectivity index (χ2v) is 11.3. The molecule has 39 heavy (non-hydrogen) atoms. The summed E-state index contributed by atoms with van der Waals surface area (Å²) in [7, 11) is 1.99. The van der Waals surface area contributed by atoms with Crippen LogP contribution in [0.25, 0.3) is 11.3 Å². The van der Waals surface area contributed by atoms with Gasteiger partial charge in [-0.1, -0.05) is 58.2 Å². The minimum Gasteiger partial charge on any atom is -0.489 e. The zero-order valence-corrected chi connectivity index (χ0v) is 23.4. The molecule has 0 bridgehead atoms. The molecule has 1 atom stereocenters. The van der Waals surface area contributed by atoms with Gasteiger partial charge in [0.05, 0.1) is 37.9 Å². The maximum Gasteiger partial charge on any atom is 0.335 e. The number of carboxylic acids is 1. The summed E-state index contributed by atoms with van der Waals surface area (Å²) >= 11 is 19.8. The van der Waals surface area contributed by atoms with Gasteiger partial charge in [-0.15, -0.1) is 0 Å². The van der Waals surface area contributed by atoms with E-state index in [1.165, 1.54) is 0 Å². The Labute approximate surface area is 241 Å². The van der Waals surface area contributed by atoms with Crippen molar-refractivity contribution >= 4 is 46.5 Å². The Morgan fingerprint density at radius 2 is 1.79 bits per heavy atom. The number of aromatic carboxylic acids is 1. The van der Waals surface area contributed by atoms with Gasteiger partial charge in [-0.05, 0) is 67.1 Å². The van der Waals surface area contributed by atoms with Crippen LogP contribution in [-0.2, 0) is 13.0 Å². The standard InChI is InChI=1S/C30H25Cl3N2O4/c1-35-25(17-4-2-5-19(12-17)30(36)37)11-10-18-13-20(14-24(33)28(18)35)38-15-21-27(34-39-29(21)16-8-9-16)26-22(31)6-3-7-23(26)32/h2-7,12-14,16,25H,8-11,15H2,1H3,(H,36,37)/t25-/m1/s1. The van der Waals surface area contributed by atoms with Crippen LogP contribution >= 0.6 is 34.8 Å². The molecule has 1 aliphatic carbocycles. The lowest BCUT2D eigenvalue weighted by atomic mass is 9.91. The first-order valence-electron chi connectivity index (χ1n) is 12.8. The van der Waals surface area contributed by atoms with E-state index >= 15 is 0 Å². The average molecular weight is 584 g/mol. The minimum absolute atomic E-state index is 0.0158. The van der Waals surface area contributed by atoms with Crippen molar-refractivity contribution in [1.82, 2.24) is 5.16 Å². The summed E-state index contributed by atoms with van der Waals surface area (Å²) in [4.78, 5) is 13.6. The SMILES string of the molecule is CN1c2c(Cl)cc(OCc3c(-c4c(Cl)cccc4Cl)noc3C3CC3)cc2CC[C@@H]1c1cccc(C(=O)O)c1. The number of carboxylic acid groups (broad SMARTS) is 1. The van der Waals surface area contributed by atoms with Crippen molar-refractivity contribution in [3.05, 3.63) is 97.7 Å². The quantitative estimate of drug-likeness (QED) is 0.235. The zero-order chi connectivity index (χ0) is 27.3. The van der Waals surface area contributed by atoms with E-state index in [9.17, 15) is 9.90 Å². The number of aryl methyl sites for hydroxylation is 1. The minimum atomic E-state index is -0.937. The summed E-state index contributed by atoms with van der Waals surface area (Å²) < 4.78 is 12.1. The Morgan fingerprint density at radius 3 is 2.51 bits per heavy atom. The second kappa shape index (κ2) is 10.4. The molecule has 4 aromatic rings. The third kappa shape index (κ3) is 4.97. The van der Waals surface area contributed by atoms with Crippen LogP contribution in [0.5, 0.6) is 5.75 Å². The molecule has 2 heterocycles. The molecule has 1 fully saturated rings. The number of nitrogens with zero attached hydrogens (tertiary/aromatic N) is 2. The highest BCUT2D eigenvalue weighted by atomic mass is 35.5. The molecule has 1 aromatic heterocycles. The van der Waals surface area contributed by atoms with Crippen molar-refractivity contribution in [2.24, 2.45) is 0 Å². The van der Waals surface area contributed by atoms with Crippen molar-refractivity contribution in [3.8, 4) is 17.0 Å². The van der Waals surface area contributed by atoms with Gasteiger partial charge in [-0.2, -0.15) is 0 Å². The van der Waals surface area contributed by atoms with Crippen LogP contribution in [-0.4, -0.2) is 23.3 Å². The van der Waals surface area contributed by atoms with Gasteiger partial charge in [0, 0.05) is 24.6 Å². The fraction of sp³-hybridized carbons (Fsp3) is 0.267. The van der Waals surface area contributed by atoms with Gasteiger partial charge in [0.2, 0.25) is 0 Å². The van der Waals surface area contributed by atoms with Gasteiger partial charge >= 0.3 is 5.97 Å². The molecule has 3 aromatic carbocycles. The summed E-state index contributed by atoms with van der Waals surface area (Å²) in [5.41, 5.74) is 5.31. The molecule has 6 rings (SSSR count). The van der Waals surface area contributed by atoms with E-state index in [1.807, 2.05) is 25.2 Å². The first-order chi connectivity index (χ1) is 18.8. The third-order valence-electron chi connectivity index (χ3n) is 7.49. The van der Waals surface area contributed by atoms with E-state index in [2.05, 4.69) is 10.1 Å².